The Morgan fingerprint density at radius 2 is 1.35 bits per heavy atom. The van der Waals surface area contributed by atoms with Gasteiger partial charge in [0.05, 0.1) is 6.04 Å². The maximum absolute atomic E-state index is 2.63. The summed E-state index contributed by atoms with van der Waals surface area (Å²) in [6.07, 6.45) is 0. The molecule has 0 amide bonds. The number of hydrogen-bond acceptors (Lipinski definition) is 1. The van der Waals surface area contributed by atoms with E-state index in [-0.39, 0.29) is 5.54 Å². The Kier molecular flexibility index (Phi) is 3.39. The third kappa shape index (κ3) is 2.16. The molecule has 1 aliphatic heterocycles. The number of nitrogens with zero attached hydrogens (tertiary/aromatic N) is 1. The molecule has 1 nitrogen and oxygen atoms in total. The van der Waals surface area contributed by atoms with Gasteiger partial charge in [0.2, 0.25) is 0 Å². The minimum absolute atomic E-state index is 0.260. The summed E-state index contributed by atoms with van der Waals surface area (Å²) < 4.78 is 0. The number of benzene rings is 2. The van der Waals surface area contributed by atoms with Crippen LogP contribution in [0.5, 0.6) is 0 Å². The van der Waals surface area contributed by atoms with Gasteiger partial charge in [0, 0.05) is 12.1 Å². The summed E-state index contributed by atoms with van der Waals surface area (Å²) in [5.74, 6) is 0.748. The van der Waals surface area contributed by atoms with Crippen LogP contribution in [0.25, 0.3) is 0 Å². The standard InChI is InChI=1S/C19H23N/c1-15-14-20(19(15,2)3)18(16-10-6-4-7-11-16)17-12-8-5-9-13-17/h4-13,15,18H,14H2,1-3H3. The van der Waals surface area contributed by atoms with Crippen LogP contribution in [0.4, 0.5) is 0 Å². The molecule has 2 aromatic carbocycles. The summed E-state index contributed by atoms with van der Waals surface area (Å²) in [6.45, 7) is 8.24. The van der Waals surface area contributed by atoms with Crippen molar-refractivity contribution in [2.45, 2.75) is 32.4 Å². The average molecular weight is 265 g/mol. The summed E-state index contributed by atoms with van der Waals surface area (Å²) in [5, 5.41) is 0. The second kappa shape index (κ2) is 5.06. The van der Waals surface area contributed by atoms with Crippen molar-refractivity contribution in [1.29, 1.82) is 0 Å². The monoisotopic (exact) mass is 265 g/mol. The quantitative estimate of drug-likeness (QED) is 0.789. The third-order valence-corrected chi connectivity index (χ3v) is 4.96. The number of hydrogen-bond donors (Lipinski definition) is 0. The van der Waals surface area contributed by atoms with Crippen LogP contribution in [0.2, 0.25) is 0 Å². The normalized spacial score (nSPS) is 21.7. The Morgan fingerprint density at radius 1 is 0.900 bits per heavy atom. The third-order valence-electron chi connectivity index (χ3n) is 4.96. The second-order valence-electron chi connectivity index (χ2n) is 6.43. The van der Waals surface area contributed by atoms with Crippen LogP contribution in [-0.4, -0.2) is 17.0 Å². The molecule has 20 heavy (non-hydrogen) atoms. The molecule has 0 bridgehead atoms. The molecule has 0 aliphatic carbocycles. The summed E-state index contributed by atoms with van der Waals surface area (Å²) in [4.78, 5) is 2.63. The molecule has 1 heteroatoms. The van der Waals surface area contributed by atoms with Crippen molar-refractivity contribution >= 4 is 0 Å². The lowest BCUT2D eigenvalue weighted by Crippen LogP contribution is -2.63. The highest BCUT2D eigenvalue weighted by Crippen LogP contribution is 2.44. The van der Waals surface area contributed by atoms with Crippen molar-refractivity contribution in [3.63, 3.8) is 0 Å². The van der Waals surface area contributed by atoms with Crippen molar-refractivity contribution < 1.29 is 0 Å². The Hall–Kier alpha value is -1.60. The average Bonchev–Trinajstić information content (AvgIpc) is 2.49. The molecule has 3 rings (SSSR count). The van der Waals surface area contributed by atoms with E-state index in [0.29, 0.717) is 6.04 Å². The zero-order valence-corrected chi connectivity index (χ0v) is 12.6. The van der Waals surface area contributed by atoms with E-state index in [0.717, 1.165) is 5.92 Å². The fourth-order valence-electron chi connectivity index (χ4n) is 3.19. The van der Waals surface area contributed by atoms with E-state index >= 15 is 0 Å². The molecule has 1 saturated heterocycles. The van der Waals surface area contributed by atoms with E-state index in [4.69, 9.17) is 0 Å². The first-order valence-corrected chi connectivity index (χ1v) is 7.47. The highest BCUT2D eigenvalue weighted by Gasteiger charge is 2.47. The minimum Gasteiger partial charge on any atom is -0.286 e. The molecule has 1 atom stereocenters. The van der Waals surface area contributed by atoms with E-state index < -0.39 is 0 Å². The molecule has 0 spiro atoms. The van der Waals surface area contributed by atoms with Crippen molar-refractivity contribution in [2.24, 2.45) is 5.92 Å². The van der Waals surface area contributed by atoms with Gasteiger partial charge in [-0.1, -0.05) is 67.6 Å². The molecule has 2 aromatic rings. The maximum atomic E-state index is 2.63. The van der Waals surface area contributed by atoms with Crippen LogP contribution in [0.3, 0.4) is 0 Å². The molecular weight excluding hydrogens is 242 g/mol. The first-order valence-electron chi connectivity index (χ1n) is 7.47. The van der Waals surface area contributed by atoms with Gasteiger partial charge in [-0.05, 0) is 30.9 Å². The molecule has 104 valence electrons. The topological polar surface area (TPSA) is 3.24 Å². The van der Waals surface area contributed by atoms with Gasteiger partial charge in [-0.15, -0.1) is 0 Å². The first kappa shape index (κ1) is 13.4. The van der Waals surface area contributed by atoms with Gasteiger partial charge >= 0.3 is 0 Å². The predicted molar refractivity (Wildman–Crippen MR) is 84.7 cm³/mol. The summed E-state index contributed by atoms with van der Waals surface area (Å²) >= 11 is 0. The predicted octanol–water partition coefficient (Wildman–Crippen LogP) is 4.51. The Bertz CT molecular complexity index is 519. The summed E-state index contributed by atoms with van der Waals surface area (Å²) in [7, 11) is 0. The fourth-order valence-corrected chi connectivity index (χ4v) is 3.19. The maximum Gasteiger partial charge on any atom is 0.0606 e. The SMILES string of the molecule is CC1CN(C(c2ccccc2)c2ccccc2)C1(C)C. The van der Waals surface area contributed by atoms with E-state index in [9.17, 15) is 0 Å². The summed E-state index contributed by atoms with van der Waals surface area (Å²) in [6, 6.07) is 22.1. The van der Waals surface area contributed by atoms with Crippen LogP contribution >= 0.6 is 0 Å². The van der Waals surface area contributed by atoms with Gasteiger partial charge in [-0.3, -0.25) is 4.90 Å². The van der Waals surface area contributed by atoms with Crippen LogP contribution in [0, 0.1) is 5.92 Å². The zero-order chi connectivity index (χ0) is 14.2. The molecule has 1 heterocycles. The fraction of sp³-hybridized carbons (Fsp3) is 0.368. The first-order chi connectivity index (χ1) is 9.60. The molecule has 0 radical (unpaired) electrons. The Labute approximate surface area is 122 Å². The highest BCUT2D eigenvalue weighted by atomic mass is 15.3. The lowest BCUT2D eigenvalue weighted by atomic mass is 9.75. The van der Waals surface area contributed by atoms with E-state index in [2.05, 4.69) is 86.3 Å². The minimum atomic E-state index is 0.260. The number of rotatable bonds is 3. The molecule has 0 N–H and O–H groups in total. The lowest BCUT2D eigenvalue weighted by molar-refractivity contribution is -0.0695. The summed E-state index contributed by atoms with van der Waals surface area (Å²) in [5.41, 5.74) is 3.04. The zero-order valence-electron chi connectivity index (χ0n) is 12.6. The van der Waals surface area contributed by atoms with Crippen molar-refractivity contribution in [3.05, 3.63) is 71.8 Å². The second-order valence-corrected chi connectivity index (χ2v) is 6.43. The van der Waals surface area contributed by atoms with Gasteiger partial charge in [-0.2, -0.15) is 0 Å². The van der Waals surface area contributed by atoms with E-state index in [1.54, 1.807) is 0 Å². The van der Waals surface area contributed by atoms with Crippen molar-refractivity contribution in [2.75, 3.05) is 6.54 Å². The molecule has 0 saturated carbocycles. The van der Waals surface area contributed by atoms with Crippen molar-refractivity contribution in [1.82, 2.24) is 4.90 Å². The Balaban J connectivity index is 2.02. The lowest BCUT2D eigenvalue weighted by Gasteiger charge is -2.57. The van der Waals surface area contributed by atoms with Crippen LogP contribution in [0.1, 0.15) is 37.9 Å². The largest absolute Gasteiger partial charge is 0.286 e. The molecule has 1 fully saturated rings. The van der Waals surface area contributed by atoms with Gasteiger partial charge in [-0.25, -0.2) is 0 Å². The van der Waals surface area contributed by atoms with Gasteiger partial charge < -0.3 is 0 Å². The van der Waals surface area contributed by atoms with Crippen LogP contribution in [-0.2, 0) is 0 Å². The van der Waals surface area contributed by atoms with E-state index in [1.165, 1.54) is 17.7 Å². The van der Waals surface area contributed by atoms with Crippen LogP contribution in [0.15, 0.2) is 60.7 Å². The molecular formula is C19H23N. The Morgan fingerprint density at radius 3 is 1.70 bits per heavy atom. The van der Waals surface area contributed by atoms with Gasteiger partial charge in [0.15, 0.2) is 0 Å². The highest BCUT2D eigenvalue weighted by molar-refractivity contribution is 5.33. The van der Waals surface area contributed by atoms with Crippen molar-refractivity contribution in [3.8, 4) is 0 Å². The number of likely N-dealkylation sites (tertiary alicyclic amines) is 1. The van der Waals surface area contributed by atoms with Crippen LogP contribution < -0.4 is 0 Å². The molecule has 1 unspecified atom stereocenters. The van der Waals surface area contributed by atoms with Gasteiger partial charge in [0.1, 0.15) is 0 Å². The molecule has 0 aromatic heterocycles. The molecule has 1 aliphatic rings. The van der Waals surface area contributed by atoms with Gasteiger partial charge in [0.25, 0.3) is 0 Å². The smallest absolute Gasteiger partial charge is 0.0606 e. The van der Waals surface area contributed by atoms with E-state index in [1.807, 2.05) is 0 Å².